The zero-order valence-corrected chi connectivity index (χ0v) is 11.3. The molecule has 0 unspecified atom stereocenters. The van der Waals surface area contributed by atoms with Crippen molar-refractivity contribution in [1.29, 1.82) is 0 Å². The van der Waals surface area contributed by atoms with E-state index in [0.29, 0.717) is 11.8 Å². The first-order valence-electron chi connectivity index (χ1n) is 5.17. The molecule has 0 amide bonds. The third-order valence-corrected chi connectivity index (χ3v) is 3.89. The summed E-state index contributed by atoms with van der Waals surface area (Å²) in [6.07, 6.45) is 0. The highest BCUT2D eigenvalue weighted by atomic mass is 32.2. The lowest BCUT2D eigenvalue weighted by molar-refractivity contribution is 0.598. The number of rotatable bonds is 5. The van der Waals surface area contributed by atoms with Gasteiger partial charge in [-0.25, -0.2) is 18.5 Å². The van der Waals surface area contributed by atoms with E-state index in [1.54, 1.807) is 7.05 Å². The first-order valence-corrected chi connectivity index (χ1v) is 7.76. The molecule has 9 heteroatoms. The van der Waals surface area contributed by atoms with Gasteiger partial charge in [-0.15, -0.1) is 11.3 Å². The Morgan fingerprint density at radius 2 is 2.22 bits per heavy atom. The lowest BCUT2D eigenvalue weighted by atomic mass is 10.4. The summed E-state index contributed by atoms with van der Waals surface area (Å²) >= 11 is 1.50. The van der Waals surface area contributed by atoms with Gasteiger partial charge in [-0.05, 0) is 11.4 Å². The maximum Gasteiger partial charge on any atom is 0.225 e. The van der Waals surface area contributed by atoms with Gasteiger partial charge in [0.25, 0.3) is 0 Å². The first kappa shape index (κ1) is 13.0. The van der Waals surface area contributed by atoms with Crippen LogP contribution in [0.1, 0.15) is 0 Å². The number of nitrogens with zero attached hydrogens (tertiary/aromatic N) is 2. The molecule has 0 aromatic carbocycles. The van der Waals surface area contributed by atoms with Crippen molar-refractivity contribution in [3.63, 3.8) is 0 Å². The number of anilines is 2. The largest absolute Gasteiger partial charge is 0.368 e. The third kappa shape index (κ3) is 3.06. The monoisotopic (exact) mass is 287 g/mol. The molecule has 2 heterocycles. The summed E-state index contributed by atoms with van der Waals surface area (Å²) in [6.45, 7) is 0.214. The van der Waals surface area contributed by atoms with E-state index in [0.717, 1.165) is 10.2 Å². The minimum atomic E-state index is -3.47. The van der Waals surface area contributed by atoms with Crippen molar-refractivity contribution in [3.05, 3.63) is 11.4 Å². The van der Waals surface area contributed by atoms with E-state index in [1.807, 2.05) is 11.4 Å². The molecule has 0 aliphatic heterocycles. The maximum absolute atomic E-state index is 10.9. The molecule has 0 fully saturated rings. The smallest absolute Gasteiger partial charge is 0.225 e. The van der Waals surface area contributed by atoms with Crippen molar-refractivity contribution in [3.8, 4) is 0 Å². The summed E-state index contributed by atoms with van der Waals surface area (Å²) in [6, 6.07) is 1.88. The molecule has 98 valence electrons. The average molecular weight is 287 g/mol. The van der Waals surface area contributed by atoms with Gasteiger partial charge < -0.3 is 10.6 Å². The van der Waals surface area contributed by atoms with Crippen molar-refractivity contribution >= 4 is 43.3 Å². The molecule has 0 saturated carbocycles. The highest BCUT2D eigenvalue weighted by molar-refractivity contribution is 7.89. The quantitative estimate of drug-likeness (QED) is 0.735. The van der Waals surface area contributed by atoms with E-state index in [1.165, 1.54) is 11.3 Å². The van der Waals surface area contributed by atoms with Crippen LogP contribution in [0.4, 0.5) is 11.8 Å². The van der Waals surface area contributed by atoms with Crippen LogP contribution in [0.25, 0.3) is 10.2 Å². The van der Waals surface area contributed by atoms with Crippen molar-refractivity contribution in [2.75, 3.05) is 30.0 Å². The minimum Gasteiger partial charge on any atom is -0.368 e. The molecule has 2 rings (SSSR count). The molecule has 0 bridgehead atoms. The minimum absolute atomic E-state index is 0.140. The molecule has 18 heavy (non-hydrogen) atoms. The van der Waals surface area contributed by atoms with Gasteiger partial charge in [0.2, 0.25) is 16.0 Å². The number of hydrogen-bond donors (Lipinski definition) is 3. The van der Waals surface area contributed by atoms with Crippen molar-refractivity contribution in [2.24, 2.45) is 5.14 Å². The molecule has 0 aliphatic carbocycles. The summed E-state index contributed by atoms with van der Waals surface area (Å²) in [4.78, 5) is 8.53. The van der Waals surface area contributed by atoms with E-state index in [4.69, 9.17) is 5.14 Å². The molecular weight excluding hydrogens is 274 g/mol. The summed E-state index contributed by atoms with van der Waals surface area (Å²) in [5.41, 5.74) is 0.817. The molecule has 7 nitrogen and oxygen atoms in total. The second kappa shape index (κ2) is 5.04. The fourth-order valence-corrected chi connectivity index (χ4v) is 2.59. The zero-order valence-electron chi connectivity index (χ0n) is 9.67. The maximum atomic E-state index is 10.9. The van der Waals surface area contributed by atoms with Crippen LogP contribution in [-0.4, -0.2) is 37.7 Å². The van der Waals surface area contributed by atoms with Gasteiger partial charge in [-0.1, -0.05) is 0 Å². The Morgan fingerprint density at radius 1 is 1.44 bits per heavy atom. The van der Waals surface area contributed by atoms with Crippen molar-refractivity contribution in [2.45, 2.75) is 0 Å². The highest BCUT2D eigenvalue weighted by Crippen LogP contribution is 2.26. The Morgan fingerprint density at radius 3 is 2.89 bits per heavy atom. The lowest BCUT2D eigenvalue weighted by Crippen LogP contribution is -2.22. The number of thiophene rings is 1. The SMILES string of the molecule is CNc1nc(NCCS(N)(=O)=O)c2sccc2n1. The number of sulfonamides is 1. The fourth-order valence-electron chi connectivity index (χ4n) is 1.41. The molecular formula is C9H13N5O2S2. The van der Waals surface area contributed by atoms with Crippen LogP contribution in [0.3, 0.4) is 0 Å². The zero-order chi connectivity index (χ0) is 13.2. The molecule has 2 aromatic heterocycles. The standard InChI is InChI=1S/C9H13N5O2S2/c1-11-9-13-6-2-4-17-7(6)8(14-9)12-3-5-18(10,15)16/h2,4H,3,5H2,1H3,(H2,10,15,16)(H2,11,12,13,14). The number of nitrogens with one attached hydrogen (secondary N) is 2. The summed E-state index contributed by atoms with van der Waals surface area (Å²) < 4.78 is 22.6. The van der Waals surface area contributed by atoms with E-state index < -0.39 is 10.0 Å². The summed E-state index contributed by atoms with van der Waals surface area (Å²) in [5.74, 6) is 0.959. The predicted molar refractivity (Wildman–Crippen MR) is 73.4 cm³/mol. The van der Waals surface area contributed by atoms with Gasteiger partial charge in [-0.3, -0.25) is 0 Å². The van der Waals surface area contributed by atoms with E-state index >= 15 is 0 Å². The topological polar surface area (TPSA) is 110 Å². The fraction of sp³-hybridized carbons (Fsp3) is 0.333. The molecule has 2 aromatic rings. The molecule has 0 atom stereocenters. The van der Waals surface area contributed by atoms with Crippen LogP contribution < -0.4 is 15.8 Å². The van der Waals surface area contributed by atoms with Crippen LogP contribution in [0.15, 0.2) is 11.4 Å². The van der Waals surface area contributed by atoms with Gasteiger partial charge in [0, 0.05) is 13.6 Å². The van der Waals surface area contributed by atoms with Gasteiger partial charge in [0.05, 0.1) is 16.0 Å². The van der Waals surface area contributed by atoms with E-state index in [-0.39, 0.29) is 12.3 Å². The Hall–Kier alpha value is -1.45. The molecule has 0 radical (unpaired) electrons. The number of aromatic nitrogens is 2. The van der Waals surface area contributed by atoms with Gasteiger partial charge in [0.1, 0.15) is 5.82 Å². The van der Waals surface area contributed by atoms with E-state index in [2.05, 4.69) is 20.6 Å². The second-order valence-electron chi connectivity index (χ2n) is 3.57. The van der Waals surface area contributed by atoms with Crippen LogP contribution in [0.5, 0.6) is 0 Å². The average Bonchev–Trinajstić information content (AvgIpc) is 2.75. The summed E-state index contributed by atoms with van der Waals surface area (Å²) in [5, 5.41) is 12.7. The van der Waals surface area contributed by atoms with Crippen LogP contribution in [0, 0.1) is 0 Å². The van der Waals surface area contributed by atoms with Crippen LogP contribution >= 0.6 is 11.3 Å². The van der Waals surface area contributed by atoms with Crippen molar-refractivity contribution in [1.82, 2.24) is 9.97 Å². The van der Waals surface area contributed by atoms with Gasteiger partial charge in [-0.2, -0.15) is 4.98 Å². The van der Waals surface area contributed by atoms with Crippen LogP contribution in [0.2, 0.25) is 0 Å². The predicted octanol–water partition coefficient (Wildman–Crippen LogP) is 0.433. The Bertz CT molecular complexity index is 652. The first-order chi connectivity index (χ1) is 8.49. The molecule has 0 spiro atoms. The Balaban J connectivity index is 2.23. The van der Waals surface area contributed by atoms with Crippen molar-refractivity contribution < 1.29 is 8.42 Å². The van der Waals surface area contributed by atoms with Crippen LogP contribution in [-0.2, 0) is 10.0 Å². The molecule has 4 N–H and O–H groups in total. The summed E-state index contributed by atoms with van der Waals surface area (Å²) in [7, 11) is -1.74. The molecule has 0 saturated heterocycles. The van der Waals surface area contributed by atoms with Gasteiger partial charge >= 0.3 is 0 Å². The number of nitrogens with two attached hydrogens (primary N) is 1. The number of hydrogen-bond acceptors (Lipinski definition) is 7. The number of primary sulfonamides is 1. The number of fused-ring (bicyclic) bond motifs is 1. The van der Waals surface area contributed by atoms with E-state index in [9.17, 15) is 8.42 Å². The highest BCUT2D eigenvalue weighted by Gasteiger charge is 2.09. The third-order valence-electron chi connectivity index (χ3n) is 2.21. The Labute approximate surface area is 108 Å². The molecule has 0 aliphatic rings. The van der Waals surface area contributed by atoms with Gasteiger partial charge in [0.15, 0.2) is 0 Å². The lowest BCUT2D eigenvalue weighted by Gasteiger charge is -2.07. The Kier molecular flexibility index (Phi) is 3.64. The normalized spacial score (nSPS) is 11.7. The second-order valence-corrected chi connectivity index (χ2v) is 6.22.